The SMILES string of the molecule is Cc1ccc(C(C)C)c(OCC(=O)OCC(=O)Nc2sccc2C#N)c1. The molecule has 1 aromatic carbocycles. The molecule has 0 saturated carbocycles. The molecule has 2 rings (SSSR count). The van der Waals surface area contributed by atoms with Crippen LogP contribution in [0, 0.1) is 18.3 Å². The molecule has 0 bridgehead atoms. The van der Waals surface area contributed by atoms with E-state index in [1.54, 1.807) is 11.4 Å². The van der Waals surface area contributed by atoms with E-state index in [9.17, 15) is 9.59 Å². The molecule has 26 heavy (non-hydrogen) atoms. The second-order valence-electron chi connectivity index (χ2n) is 5.97. The molecule has 1 heterocycles. The lowest BCUT2D eigenvalue weighted by atomic mass is 10.0. The van der Waals surface area contributed by atoms with E-state index in [0.29, 0.717) is 16.3 Å². The summed E-state index contributed by atoms with van der Waals surface area (Å²) in [4.78, 5) is 23.6. The van der Waals surface area contributed by atoms with E-state index in [1.165, 1.54) is 11.3 Å². The summed E-state index contributed by atoms with van der Waals surface area (Å²) in [6, 6.07) is 9.41. The number of rotatable bonds is 7. The van der Waals surface area contributed by atoms with Gasteiger partial charge >= 0.3 is 5.97 Å². The molecule has 2 aromatic rings. The van der Waals surface area contributed by atoms with Gasteiger partial charge in [0.15, 0.2) is 13.2 Å². The number of esters is 1. The average molecular weight is 372 g/mol. The van der Waals surface area contributed by atoms with Crippen molar-refractivity contribution in [2.45, 2.75) is 26.7 Å². The summed E-state index contributed by atoms with van der Waals surface area (Å²) in [5.41, 5.74) is 2.41. The molecule has 0 spiro atoms. The van der Waals surface area contributed by atoms with E-state index in [4.69, 9.17) is 14.7 Å². The summed E-state index contributed by atoms with van der Waals surface area (Å²) in [6.45, 7) is 5.31. The van der Waals surface area contributed by atoms with Crippen LogP contribution in [0.3, 0.4) is 0 Å². The monoisotopic (exact) mass is 372 g/mol. The highest BCUT2D eigenvalue weighted by Gasteiger charge is 2.13. The lowest BCUT2D eigenvalue weighted by molar-refractivity contribution is -0.149. The minimum absolute atomic E-state index is 0.257. The van der Waals surface area contributed by atoms with Gasteiger partial charge in [0, 0.05) is 0 Å². The molecule has 7 heteroatoms. The van der Waals surface area contributed by atoms with Gasteiger partial charge in [0.25, 0.3) is 5.91 Å². The highest BCUT2D eigenvalue weighted by Crippen LogP contribution is 2.27. The number of hydrogen-bond acceptors (Lipinski definition) is 6. The highest BCUT2D eigenvalue weighted by atomic mass is 32.1. The molecule has 0 aliphatic heterocycles. The fourth-order valence-corrected chi connectivity index (χ4v) is 2.98. The van der Waals surface area contributed by atoms with Crippen LogP contribution in [0.5, 0.6) is 5.75 Å². The van der Waals surface area contributed by atoms with E-state index in [-0.39, 0.29) is 12.5 Å². The predicted octanol–water partition coefficient (Wildman–Crippen LogP) is 3.61. The average Bonchev–Trinajstić information content (AvgIpc) is 3.05. The number of carbonyl (C=O) groups is 2. The molecule has 136 valence electrons. The number of thiophene rings is 1. The maximum atomic E-state index is 11.8. The maximum Gasteiger partial charge on any atom is 0.344 e. The third-order valence-corrected chi connectivity index (χ3v) is 4.37. The van der Waals surface area contributed by atoms with Crippen LogP contribution >= 0.6 is 11.3 Å². The Kier molecular flexibility index (Phi) is 6.75. The van der Waals surface area contributed by atoms with Gasteiger partial charge in [-0.2, -0.15) is 5.26 Å². The van der Waals surface area contributed by atoms with Gasteiger partial charge in [0.1, 0.15) is 16.8 Å². The maximum absolute atomic E-state index is 11.8. The van der Waals surface area contributed by atoms with Gasteiger partial charge in [0.2, 0.25) is 0 Å². The topological polar surface area (TPSA) is 88.4 Å². The van der Waals surface area contributed by atoms with Gasteiger partial charge in [-0.05, 0) is 41.5 Å². The quantitative estimate of drug-likeness (QED) is 0.750. The largest absolute Gasteiger partial charge is 0.482 e. The van der Waals surface area contributed by atoms with Crippen LogP contribution in [0.1, 0.15) is 36.5 Å². The number of hydrogen-bond donors (Lipinski definition) is 1. The summed E-state index contributed by atoms with van der Waals surface area (Å²) in [5.74, 6) is -0.245. The van der Waals surface area contributed by atoms with Crippen molar-refractivity contribution >= 4 is 28.2 Å². The Morgan fingerprint density at radius 2 is 2.04 bits per heavy atom. The molecule has 0 unspecified atom stereocenters. The molecule has 1 N–H and O–H groups in total. The fourth-order valence-electron chi connectivity index (χ4n) is 2.22. The zero-order valence-electron chi connectivity index (χ0n) is 14.9. The van der Waals surface area contributed by atoms with Gasteiger partial charge in [-0.3, -0.25) is 4.79 Å². The number of nitrogens with one attached hydrogen (secondary N) is 1. The van der Waals surface area contributed by atoms with Gasteiger partial charge in [-0.1, -0.05) is 26.0 Å². The standard InChI is InChI=1S/C19H20N2O4S/c1-12(2)15-5-4-13(3)8-16(15)24-11-18(23)25-10-17(22)21-19-14(9-20)6-7-26-19/h4-8,12H,10-11H2,1-3H3,(H,21,22). The summed E-state index contributed by atoms with van der Waals surface area (Å²) < 4.78 is 10.5. The third kappa shape index (κ3) is 5.33. The summed E-state index contributed by atoms with van der Waals surface area (Å²) in [5, 5.41) is 13.6. The first-order chi connectivity index (χ1) is 12.4. The van der Waals surface area contributed by atoms with Crippen LogP contribution in [-0.4, -0.2) is 25.1 Å². The van der Waals surface area contributed by atoms with E-state index < -0.39 is 18.5 Å². The van der Waals surface area contributed by atoms with Crippen LogP contribution in [0.4, 0.5) is 5.00 Å². The molecule has 0 aliphatic carbocycles. The van der Waals surface area contributed by atoms with Crippen LogP contribution in [0.2, 0.25) is 0 Å². The highest BCUT2D eigenvalue weighted by molar-refractivity contribution is 7.14. The Morgan fingerprint density at radius 3 is 2.73 bits per heavy atom. The number of benzene rings is 1. The summed E-state index contributed by atoms with van der Waals surface area (Å²) >= 11 is 1.23. The number of ether oxygens (including phenoxy) is 2. The molecule has 1 amide bonds. The smallest absolute Gasteiger partial charge is 0.344 e. The zero-order chi connectivity index (χ0) is 19.1. The van der Waals surface area contributed by atoms with Crippen molar-refractivity contribution in [2.24, 2.45) is 0 Å². The Bertz CT molecular complexity index is 836. The second-order valence-corrected chi connectivity index (χ2v) is 6.88. The molecule has 0 atom stereocenters. The van der Waals surface area contributed by atoms with E-state index in [0.717, 1.165) is 11.1 Å². The normalized spacial score (nSPS) is 10.3. The van der Waals surface area contributed by atoms with Gasteiger partial charge in [0.05, 0.1) is 5.56 Å². The number of nitriles is 1. The number of nitrogens with zero attached hydrogens (tertiary/aromatic N) is 1. The number of amides is 1. The number of carbonyl (C=O) groups excluding carboxylic acids is 2. The Hall–Kier alpha value is -2.85. The Morgan fingerprint density at radius 1 is 1.27 bits per heavy atom. The van der Waals surface area contributed by atoms with Crippen molar-refractivity contribution in [2.75, 3.05) is 18.5 Å². The second kappa shape index (κ2) is 9.02. The minimum atomic E-state index is -0.636. The molecule has 1 aromatic heterocycles. The first-order valence-corrected chi connectivity index (χ1v) is 8.95. The zero-order valence-corrected chi connectivity index (χ0v) is 15.7. The van der Waals surface area contributed by atoms with Crippen LogP contribution in [0.25, 0.3) is 0 Å². The molecule has 6 nitrogen and oxygen atoms in total. The van der Waals surface area contributed by atoms with Crippen molar-refractivity contribution in [3.8, 4) is 11.8 Å². The lowest BCUT2D eigenvalue weighted by Gasteiger charge is -2.14. The van der Waals surface area contributed by atoms with Crippen molar-refractivity contribution in [1.29, 1.82) is 5.26 Å². The minimum Gasteiger partial charge on any atom is -0.482 e. The molecule has 0 radical (unpaired) electrons. The number of anilines is 1. The van der Waals surface area contributed by atoms with Crippen molar-refractivity contribution in [3.05, 3.63) is 46.3 Å². The molecule has 0 saturated heterocycles. The van der Waals surface area contributed by atoms with Crippen molar-refractivity contribution in [3.63, 3.8) is 0 Å². The van der Waals surface area contributed by atoms with E-state index in [1.807, 2.05) is 45.0 Å². The fraction of sp³-hybridized carbons (Fsp3) is 0.316. The summed E-state index contributed by atoms with van der Waals surface area (Å²) in [7, 11) is 0. The van der Waals surface area contributed by atoms with Gasteiger partial charge in [-0.25, -0.2) is 4.79 Å². The first kappa shape index (κ1) is 19.5. The third-order valence-electron chi connectivity index (χ3n) is 3.54. The first-order valence-electron chi connectivity index (χ1n) is 8.07. The number of aryl methyl sites for hydroxylation is 1. The van der Waals surface area contributed by atoms with E-state index in [2.05, 4.69) is 5.32 Å². The lowest BCUT2D eigenvalue weighted by Crippen LogP contribution is -2.23. The molecule has 0 aliphatic rings. The van der Waals surface area contributed by atoms with Crippen LogP contribution < -0.4 is 10.1 Å². The van der Waals surface area contributed by atoms with Crippen molar-refractivity contribution < 1.29 is 19.1 Å². The Balaban J connectivity index is 1.83. The van der Waals surface area contributed by atoms with Gasteiger partial charge < -0.3 is 14.8 Å². The van der Waals surface area contributed by atoms with E-state index >= 15 is 0 Å². The molecular weight excluding hydrogens is 352 g/mol. The van der Waals surface area contributed by atoms with Gasteiger partial charge in [-0.15, -0.1) is 11.3 Å². The van der Waals surface area contributed by atoms with Crippen molar-refractivity contribution in [1.82, 2.24) is 0 Å². The molecule has 0 fully saturated rings. The van der Waals surface area contributed by atoms with Crippen LogP contribution in [0.15, 0.2) is 29.6 Å². The Labute approximate surface area is 156 Å². The predicted molar refractivity (Wildman–Crippen MR) is 99.4 cm³/mol. The summed E-state index contributed by atoms with van der Waals surface area (Å²) in [6.07, 6.45) is 0. The molecular formula is C19H20N2O4S. The van der Waals surface area contributed by atoms with Crippen LogP contribution in [-0.2, 0) is 14.3 Å².